The third-order valence-electron chi connectivity index (χ3n) is 3.31. The van der Waals surface area contributed by atoms with Crippen LogP contribution in [0, 0.1) is 0 Å². The molecule has 9 heteroatoms. The summed E-state index contributed by atoms with van der Waals surface area (Å²) >= 11 is 0. The van der Waals surface area contributed by atoms with Crippen LogP contribution in [0.1, 0.15) is 10.4 Å². The number of carbonyl (C=O) groups excluding carboxylic acids is 1. The number of carbonyl (C=O) groups is 1. The standard InChI is InChI=1S/C19H30O9/c20-4-6-23-8-10-25-12-14-27-18-3-1-2-17(16-22)19(18)28-15-13-26-11-9-24-7-5-21/h1-3,16,20-21H,4-15H2. The van der Waals surface area contributed by atoms with Crippen molar-refractivity contribution in [3.63, 3.8) is 0 Å². The highest BCUT2D eigenvalue weighted by Gasteiger charge is 2.11. The van der Waals surface area contributed by atoms with E-state index in [2.05, 4.69) is 0 Å². The maximum absolute atomic E-state index is 11.3. The Kier molecular flexibility index (Phi) is 15.1. The molecule has 1 aromatic carbocycles. The van der Waals surface area contributed by atoms with Gasteiger partial charge in [-0.3, -0.25) is 4.79 Å². The second-order valence-electron chi connectivity index (χ2n) is 5.39. The van der Waals surface area contributed by atoms with Gasteiger partial charge in [-0.15, -0.1) is 0 Å². The molecule has 0 radical (unpaired) electrons. The molecule has 0 saturated carbocycles. The molecule has 0 aliphatic rings. The number of ether oxygens (including phenoxy) is 6. The smallest absolute Gasteiger partial charge is 0.171 e. The lowest BCUT2D eigenvalue weighted by Gasteiger charge is -2.15. The molecule has 0 saturated heterocycles. The number of hydrogen-bond acceptors (Lipinski definition) is 9. The number of benzene rings is 1. The summed E-state index contributed by atoms with van der Waals surface area (Å²) < 4.78 is 32.2. The Morgan fingerprint density at radius 2 is 1.18 bits per heavy atom. The number of aliphatic hydroxyl groups is 2. The summed E-state index contributed by atoms with van der Waals surface area (Å²) in [6.45, 7) is 3.35. The number of aliphatic hydroxyl groups excluding tert-OH is 2. The summed E-state index contributed by atoms with van der Waals surface area (Å²) in [4.78, 5) is 11.3. The van der Waals surface area contributed by atoms with Crippen molar-refractivity contribution in [1.29, 1.82) is 0 Å². The first-order valence-corrected chi connectivity index (χ1v) is 9.20. The molecule has 0 unspecified atom stereocenters. The van der Waals surface area contributed by atoms with Gasteiger partial charge in [-0.25, -0.2) is 0 Å². The van der Waals surface area contributed by atoms with E-state index in [9.17, 15) is 4.79 Å². The quantitative estimate of drug-likeness (QED) is 0.249. The normalized spacial score (nSPS) is 10.8. The Morgan fingerprint density at radius 3 is 1.71 bits per heavy atom. The molecule has 1 rings (SSSR count). The average molecular weight is 402 g/mol. The predicted octanol–water partition coefficient (Wildman–Crippen LogP) is 0.308. The topological polar surface area (TPSA) is 113 Å². The van der Waals surface area contributed by atoms with Crippen LogP contribution in [-0.4, -0.2) is 95.8 Å². The van der Waals surface area contributed by atoms with Crippen molar-refractivity contribution in [2.75, 3.05) is 79.3 Å². The zero-order valence-corrected chi connectivity index (χ0v) is 16.0. The van der Waals surface area contributed by atoms with Crippen molar-refractivity contribution in [2.24, 2.45) is 0 Å². The van der Waals surface area contributed by atoms with E-state index in [0.29, 0.717) is 69.6 Å². The van der Waals surface area contributed by atoms with Crippen LogP contribution in [-0.2, 0) is 18.9 Å². The minimum atomic E-state index is -0.0170. The van der Waals surface area contributed by atoms with Crippen molar-refractivity contribution in [3.05, 3.63) is 23.8 Å². The minimum Gasteiger partial charge on any atom is -0.487 e. The van der Waals surface area contributed by atoms with E-state index < -0.39 is 0 Å². The molecule has 0 bridgehead atoms. The largest absolute Gasteiger partial charge is 0.487 e. The third-order valence-corrected chi connectivity index (χ3v) is 3.31. The maximum Gasteiger partial charge on any atom is 0.171 e. The Balaban J connectivity index is 2.30. The maximum atomic E-state index is 11.3. The van der Waals surface area contributed by atoms with Crippen LogP contribution in [0.5, 0.6) is 11.5 Å². The first kappa shape index (κ1) is 24.3. The van der Waals surface area contributed by atoms with Gasteiger partial charge in [0.1, 0.15) is 13.2 Å². The molecule has 9 nitrogen and oxygen atoms in total. The number of rotatable bonds is 19. The molecular weight excluding hydrogens is 372 g/mol. The van der Waals surface area contributed by atoms with E-state index >= 15 is 0 Å². The van der Waals surface area contributed by atoms with Gasteiger partial charge >= 0.3 is 0 Å². The Labute approximate surface area is 165 Å². The predicted molar refractivity (Wildman–Crippen MR) is 100 cm³/mol. The lowest BCUT2D eigenvalue weighted by Crippen LogP contribution is -2.14. The van der Waals surface area contributed by atoms with Crippen molar-refractivity contribution < 1.29 is 43.4 Å². The lowest BCUT2D eigenvalue weighted by atomic mass is 10.2. The highest BCUT2D eigenvalue weighted by Crippen LogP contribution is 2.30. The molecule has 0 aromatic heterocycles. The van der Waals surface area contributed by atoms with Gasteiger partial charge in [0, 0.05) is 0 Å². The monoisotopic (exact) mass is 402 g/mol. The fourth-order valence-electron chi connectivity index (χ4n) is 2.08. The second-order valence-corrected chi connectivity index (χ2v) is 5.39. The molecule has 160 valence electrons. The number of hydrogen-bond donors (Lipinski definition) is 2. The van der Waals surface area contributed by atoms with E-state index in [1.54, 1.807) is 18.2 Å². The Bertz CT molecular complexity index is 510. The summed E-state index contributed by atoms with van der Waals surface area (Å²) in [5.74, 6) is 0.819. The molecular formula is C19H30O9. The zero-order valence-electron chi connectivity index (χ0n) is 16.0. The van der Waals surface area contributed by atoms with Gasteiger partial charge in [0.05, 0.1) is 71.6 Å². The highest BCUT2D eigenvalue weighted by atomic mass is 16.6. The Morgan fingerprint density at radius 1 is 0.679 bits per heavy atom. The van der Waals surface area contributed by atoms with Crippen LogP contribution in [0.3, 0.4) is 0 Å². The van der Waals surface area contributed by atoms with Crippen molar-refractivity contribution in [2.45, 2.75) is 0 Å². The number of aldehydes is 1. The average Bonchev–Trinajstić information content (AvgIpc) is 2.72. The van der Waals surface area contributed by atoms with Crippen LogP contribution in [0.4, 0.5) is 0 Å². The van der Waals surface area contributed by atoms with Crippen molar-refractivity contribution in [1.82, 2.24) is 0 Å². The van der Waals surface area contributed by atoms with Crippen LogP contribution < -0.4 is 9.47 Å². The fourth-order valence-corrected chi connectivity index (χ4v) is 2.08. The summed E-state index contributed by atoms with van der Waals surface area (Å²) in [5, 5.41) is 17.2. The first-order valence-electron chi connectivity index (χ1n) is 9.20. The van der Waals surface area contributed by atoms with Gasteiger partial charge in [0.25, 0.3) is 0 Å². The second kappa shape index (κ2) is 17.4. The van der Waals surface area contributed by atoms with Crippen LogP contribution in [0.15, 0.2) is 18.2 Å². The van der Waals surface area contributed by atoms with E-state index in [-0.39, 0.29) is 33.0 Å². The first-order chi connectivity index (χ1) is 13.8. The summed E-state index contributed by atoms with van der Waals surface area (Å²) in [7, 11) is 0. The van der Waals surface area contributed by atoms with Gasteiger partial charge in [0.2, 0.25) is 0 Å². The zero-order chi connectivity index (χ0) is 20.3. The molecule has 0 fully saturated rings. The summed E-state index contributed by atoms with van der Waals surface area (Å²) in [5.41, 5.74) is 0.391. The van der Waals surface area contributed by atoms with Crippen molar-refractivity contribution >= 4 is 6.29 Å². The van der Waals surface area contributed by atoms with E-state index in [1.807, 2.05) is 0 Å². The SMILES string of the molecule is O=Cc1cccc(OCCOCCOCCO)c1OCCOCCOCCO. The molecule has 28 heavy (non-hydrogen) atoms. The van der Waals surface area contributed by atoms with Crippen LogP contribution in [0.2, 0.25) is 0 Å². The van der Waals surface area contributed by atoms with Gasteiger partial charge in [-0.2, -0.15) is 0 Å². The van der Waals surface area contributed by atoms with Crippen LogP contribution >= 0.6 is 0 Å². The summed E-state index contributed by atoms with van der Waals surface area (Å²) in [6.07, 6.45) is 0.709. The highest BCUT2D eigenvalue weighted by molar-refractivity contribution is 5.81. The van der Waals surface area contributed by atoms with Crippen molar-refractivity contribution in [3.8, 4) is 11.5 Å². The Hall–Kier alpha value is -1.75. The fraction of sp³-hybridized carbons (Fsp3) is 0.632. The lowest BCUT2D eigenvalue weighted by molar-refractivity contribution is 0.0222. The minimum absolute atomic E-state index is 0.0124. The molecule has 0 aliphatic heterocycles. The molecule has 0 heterocycles. The molecule has 0 spiro atoms. The third kappa shape index (κ3) is 11.2. The number of para-hydroxylation sites is 1. The van der Waals surface area contributed by atoms with Gasteiger partial charge < -0.3 is 38.6 Å². The van der Waals surface area contributed by atoms with Gasteiger partial charge in [-0.1, -0.05) is 6.07 Å². The summed E-state index contributed by atoms with van der Waals surface area (Å²) in [6, 6.07) is 5.08. The molecule has 0 amide bonds. The molecule has 1 aromatic rings. The van der Waals surface area contributed by atoms with E-state index in [0.717, 1.165) is 0 Å². The van der Waals surface area contributed by atoms with Crippen LogP contribution in [0.25, 0.3) is 0 Å². The van der Waals surface area contributed by atoms with Gasteiger partial charge in [0.15, 0.2) is 17.8 Å². The van der Waals surface area contributed by atoms with Gasteiger partial charge in [-0.05, 0) is 12.1 Å². The van der Waals surface area contributed by atoms with E-state index in [1.165, 1.54) is 0 Å². The molecule has 0 atom stereocenters. The molecule has 0 aliphatic carbocycles. The van der Waals surface area contributed by atoms with E-state index in [4.69, 9.17) is 38.6 Å². The molecule has 2 N–H and O–H groups in total.